The number of phosphoric acid groups is 2. The zero-order valence-corrected chi connectivity index (χ0v) is 51.0. The third kappa shape index (κ3) is 51.9. The molecule has 6 atom stereocenters. The maximum atomic E-state index is 12.9. The van der Waals surface area contributed by atoms with E-state index in [2.05, 4.69) is 41.5 Å². The highest BCUT2D eigenvalue weighted by Gasteiger charge is 2.30. The Kier molecular flexibility index (Phi) is 49.7. The van der Waals surface area contributed by atoms with Gasteiger partial charge >= 0.3 is 39.5 Å². The highest BCUT2D eigenvalue weighted by Crippen LogP contribution is 2.45. The number of aliphatic hydroxyl groups is 1. The van der Waals surface area contributed by atoms with Crippen molar-refractivity contribution in [3.8, 4) is 0 Å². The number of phosphoric ester groups is 2. The van der Waals surface area contributed by atoms with Gasteiger partial charge in [0.15, 0.2) is 12.2 Å². The lowest BCUT2D eigenvalue weighted by atomic mass is 10.00. The molecule has 0 rings (SSSR count). The van der Waals surface area contributed by atoms with Crippen LogP contribution in [0.4, 0.5) is 0 Å². The van der Waals surface area contributed by atoms with Crippen molar-refractivity contribution >= 4 is 39.5 Å². The lowest BCUT2D eigenvalue weighted by Gasteiger charge is -2.21. The predicted molar refractivity (Wildman–Crippen MR) is 303 cm³/mol. The topological polar surface area (TPSA) is 237 Å². The summed E-state index contributed by atoms with van der Waals surface area (Å²) < 4.78 is 67.6. The van der Waals surface area contributed by atoms with Gasteiger partial charge in [0.1, 0.15) is 19.3 Å². The summed E-state index contributed by atoms with van der Waals surface area (Å²) in [7, 11) is -9.87. The fraction of sp³-hybridized carbons (Fsp3) is 0.931. The van der Waals surface area contributed by atoms with Crippen molar-refractivity contribution in [2.24, 2.45) is 11.8 Å². The van der Waals surface area contributed by atoms with Gasteiger partial charge in [0, 0.05) is 25.7 Å². The van der Waals surface area contributed by atoms with E-state index in [1.807, 2.05) is 0 Å². The van der Waals surface area contributed by atoms with Gasteiger partial charge in [-0.1, -0.05) is 228 Å². The molecule has 0 bridgehead atoms. The molecule has 0 aliphatic carbocycles. The average molecular weight is 1140 g/mol. The average Bonchev–Trinajstić information content (AvgIpc) is 3.39. The van der Waals surface area contributed by atoms with Crippen LogP contribution in [0.1, 0.15) is 279 Å². The van der Waals surface area contributed by atoms with Gasteiger partial charge in [-0.15, -0.1) is 0 Å². The largest absolute Gasteiger partial charge is 0.472 e. The minimum atomic E-state index is -4.94. The maximum Gasteiger partial charge on any atom is 0.472 e. The number of carbonyl (C=O) groups excluding carboxylic acids is 4. The smallest absolute Gasteiger partial charge is 0.462 e. The zero-order valence-electron chi connectivity index (χ0n) is 49.2. The molecule has 3 unspecified atom stereocenters. The van der Waals surface area contributed by atoms with E-state index in [1.165, 1.54) is 83.5 Å². The molecule has 0 fully saturated rings. The van der Waals surface area contributed by atoms with Gasteiger partial charge in [0.05, 0.1) is 26.4 Å². The third-order valence-corrected chi connectivity index (χ3v) is 15.5. The Hall–Kier alpha value is -1.94. The third-order valence-electron chi connectivity index (χ3n) is 13.6. The fourth-order valence-electron chi connectivity index (χ4n) is 8.44. The molecule has 0 aromatic heterocycles. The van der Waals surface area contributed by atoms with Crippen LogP contribution in [0.5, 0.6) is 0 Å². The number of unbranched alkanes of at least 4 members (excludes halogenated alkanes) is 26. The van der Waals surface area contributed by atoms with Gasteiger partial charge in [0.2, 0.25) is 0 Å². The lowest BCUT2D eigenvalue weighted by Crippen LogP contribution is -2.30. The van der Waals surface area contributed by atoms with Gasteiger partial charge in [-0.25, -0.2) is 9.13 Å². The Labute approximate surface area is 467 Å². The van der Waals surface area contributed by atoms with Crippen molar-refractivity contribution in [3.05, 3.63) is 0 Å². The second-order valence-electron chi connectivity index (χ2n) is 21.7. The summed E-state index contributed by atoms with van der Waals surface area (Å²) in [6.07, 6.45) is 30.9. The fourth-order valence-corrected chi connectivity index (χ4v) is 10.0. The van der Waals surface area contributed by atoms with Crippen LogP contribution in [-0.2, 0) is 65.4 Å². The van der Waals surface area contributed by atoms with Crippen LogP contribution in [0.25, 0.3) is 0 Å². The first-order valence-corrected chi connectivity index (χ1v) is 33.5. The van der Waals surface area contributed by atoms with Gasteiger partial charge in [-0.3, -0.25) is 37.3 Å². The molecule has 0 aromatic carbocycles. The van der Waals surface area contributed by atoms with Crippen LogP contribution in [0.3, 0.4) is 0 Å². The second-order valence-corrected chi connectivity index (χ2v) is 24.7. The number of aliphatic hydroxyl groups excluding tert-OH is 1. The number of hydrogen-bond acceptors (Lipinski definition) is 15. The lowest BCUT2D eigenvalue weighted by molar-refractivity contribution is -0.161. The van der Waals surface area contributed by atoms with Crippen LogP contribution in [0.2, 0.25) is 0 Å². The molecule has 19 heteroatoms. The summed E-state index contributed by atoms with van der Waals surface area (Å²) in [6.45, 7) is 9.29. The molecule has 456 valence electrons. The molecule has 0 radical (unpaired) electrons. The molecule has 0 saturated carbocycles. The minimum Gasteiger partial charge on any atom is -0.462 e. The second kappa shape index (κ2) is 51.0. The number of rotatable bonds is 57. The number of esters is 4. The predicted octanol–water partition coefficient (Wildman–Crippen LogP) is 15.3. The van der Waals surface area contributed by atoms with Crippen molar-refractivity contribution in [3.63, 3.8) is 0 Å². The summed E-state index contributed by atoms with van der Waals surface area (Å²) in [6, 6.07) is 0. The minimum absolute atomic E-state index is 0.102. The van der Waals surface area contributed by atoms with E-state index >= 15 is 0 Å². The van der Waals surface area contributed by atoms with E-state index in [4.69, 9.17) is 37.0 Å². The molecule has 0 aliphatic rings. The Balaban J connectivity index is 5.23. The van der Waals surface area contributed by atoms with Crippen molar-refractivity contribution < 1.29 is 80.2 Å². The summed E-state index contributed by atoms with van der Waals surface area (Å²) >= 11 is 0. The highest BCUT2D eigenvalue weighted by molar-refractivity contribution is 7.47. The Morgan fingerprint density at radius 1 is 0.377 bits per heavy atom. The molecule has 0 spiro atoms. The molecule has 0 saturated heterocycles. The SMILES string of the molecule is CCCCCCCCCCCC(=O)O[C@H](COC(=O)CCCCCCCCCC)COP(=O)(O)OC[C@H](O)COP(=O)(O)OC[C@@H](COC(=O)CCCCCCCCC(C)CC)OC(=O)CCCCCCCCCC(C)C. The van der Waals surface area contributed by atoms with Crippen LogP contribution in [-0.4, -0.2) is 96.7 Å². The van der Waals surface area contributed by atoms with Gasteiger partial charge in [0.25, 0.3) is 0 Å². The maximum absolute atomic E-state index is 12.9. The number of hydrogen-bond donors (Lipinski definition) is 3. The molecule has 0 aliphatic heterocycles. The molecule has 0 amide bonds. The summed E-state index contributed by atoms with van der Waals surface area (Å²) in [5.41, 5.74) is 0. The van der Waals surface area contributed by atoms with Crippen LogP contribution in [0, 0.1) is 11.8 Å². The first kappa shape index (κ1) is 75.1. The molecule has 77 heavy (non-hydrogen) atoms. The van der Waals surface area contributed by atoms with Gasteiger partial charge in [-0.05, 0) is 37.5 Å². The molecule has 0 heterocycles. The van der Waals surface area contributed by atoms with Crippen molar-refractivity contribution in [1.29, 1.82) is 0 Å². The molecular formula is C58H112O17P2. The molecular weight excluding hydrogens is 1030 g/mol. The van der Waals surface area contributed by atoms with E-state index in [0.29, 0.717) is 31.6 Å². The van der Waals surface area contributed by atoms with E-state index in [9.17, 15) is 43.2 Å². The first-order chi connectivity index (χ1) is 36.9. The van der Waals surface area contributed by atoms with E-state index in [1.54, 1.807) is 0 Å². The van der Waals surface area contributed by atoms with E-state index in [-0.39, 0.29) is 25.7 Å². The van der Waals surface area contributed by atoms with Gasteiger partial charge < -0.3 is 33.8 Å². The molecule has 17 nitrogen and oxygen atoms in total. The van der Waals surface area contributed by atoms with Crippen molar-refractivity contribution in [2.75, 3.05) is 39.6 Å². The summed E-state index contributed by atoms with van der Waals surface area (Å²) in [5, 5.41) is 10.5. The zero-order chi connectivity index (χ0) is 57.3. The Morgan fingerprint density at radius 3 is 0.987 bits per heavy atom. The first-order valence-electron chi connectivity index (χ1n) is 30.5. The van der Waals surface area contributed by atoms with Crippen molar-refractivity contribution in [2.45, 2.75) is 297 Å². The normalized spacial score (nSPS) is 14.8. The van der Waals surface area contributed by atoms with Crippen LogP contribution in [0.15, 0.2) is 0 Å². The quantitative estimate of drug-likeness (QED) is 0.0222. The standard InChI is InChI=1S/C58H112O17P2/c1-7-10-12-14-16-18-22-30-36-42-57(62)74-53(46-68-55(60)40-34-28-21-17-15-13-11-8-2)48-72-76(64,65)70-44-52(59)45-71-77(66,67)73-49-54(75-58(63)43-37-31-23-19-20-26-32-38-50(4)5)47-69-56(61)41-35-29-25-24-27-33-39-51(6)9-3/h50-54,59H,7-49H2,1-6H3,(H,64,65)(H,66,67)/t51?,52-,53+,54+/m0/s1. The summed E-state index contributed by atoms with van der Waals surface area (Å²) in [4.78, 5) is 71.8. The van der Waals surface area contributed by atoms with Gasteiger partial charge in [-0.2, -0.15) is 0 Å². The molecule has 3 N–H and O–H groups in total. The molecule has 0 aromatic rings. The Morgan fingerprint density at radius 2 is 0.662 bits per heavy atom. The number of ether oxygens (including phenoxy) is 4. The van der Waals surface area contributed by atoms with Crippen LogP contribution < -0.4 is 0 Å². The van der Waals surface area contributed by atoms with E-state index in [0.717, 1.165) is 109 Å². The number of carbonyl (C=O) groups is 4. The monoisotopic (exact) mass is 1140 g/mol. The van der Waals surface area contributed by atoms with E-state index < -0.39 is 97.5 Å². The Bertz CT molecular complexity index is 1530. The van der Waals surface area contributed by atoms with Crippen LogP contribution >= 0.6 is 15.6 Å². The highest BCUT2D eigenvalue weighted by atomic mass is 31.2. The summed E-state index contributed by atoms with van der Waals surface area (Å²) in [5.74, 6) is -0.722. The van der Waals surface area contributed by atoms with Crippen molar-refractivity contribution in [1.82, 2.24) is 0 Å².